The molecule has 2 fully saturated rings. The highest BCUT2D eigenvalue weighted by molar-refractivity contribution is 7.24. The molecule has 286 valence electrons. The van der Waals surface area contributed by atoms with Crippen molar-refractivity contribution in [2.75, 3.05) is 13.1 Å². The van der Waals surface area contributed by atoms with Gasteiger partial charge >= 0.3 is 12.2 Å². The second kappa shape index (κ2) is 15.8. The first-order valence-corrected chi connectivity index (χ1v) is 19.6. The van der Waals surface area contributed by atoms with E-state index in [4.69, 9.17) is 9.97 Å². The number of imidazole rings is 2. The molecule has 6 heterocycles. The fraction of sp³-hybridized carbons (Fsp3) is 0.263. The number of benzene rings is 2. The minimum absolute atomic E-state index is 0.334. The third kappa shape index (κ3) is 7.47. The number of thiazole rings is 2. The molecule has 8 rings (SSSR count). The summed E-state index contributed by atoms with van der Waals surface area (Å²) in [5.74, 6) is 0.546. The number of rotatable bonds is 11. The van der Waals surface area contributed by atoms with E-state index in [-0.39, 0.29) is 23.9 Å². The van der Waals surface area contributed by atoms with Crippen LogP contribution in [0, 0.1) is 0 Å². The van der Waals surface area contributed by atoms with Crippen LogP contribution in [0.4, 0.5) is 9.59 Å². The number of nitrogens with zero attached hydrogens (tertiary/aromatic N) is 6. The minimum Gasteiger partial charge on any atom is -0.465 e. The molecule has 18 heteroatoms. The zero-order valence-electron chi connectivity index (χ0n) is 29.7. The van der Waals surface area contributed by atoms with E-state index in [2.05, 4.69) is 30.6 Å². The van der Waals surface area contributed by atoms with E-state index >= 15 is 0 Å². The third-order valence-corrected chi connectivity index (χ3v) is 12.1. The molecule has 16 nitrogen and oxygen atoms in total. The molecule has 2 aromatic carbocycles. The number of amides is 4. The number of likely N-dealkylation sites (tertiary alicyclic amines) is 2. The van der Waals surface area contributed by atoms with Crippen molar-refractivity contribution < 1.29 is 29.4 Å². The number of hydrogen-bond acceptors (Lipinski definition) is 10. The summed E-state index contributed by atoms with van der Waals surface area (Å²) in [4.78, 5) is 81.2. The molecule has 0 spiro atoms. The molecular formula is C38H36N10O6S2. The first-order chi connectivity index (χ1) is 27.2. The summed E-state index contributed by atoms with van der Waals surface area (Å²) in [6.07, 6.45) is 7.39. The van der Waals surface area contributed by atoms with Crippen molar-refractivity contribution in [3.63, 3.8) is 0 Å². The van der Waals surface area contributed by atoms with Crippen molar-refractivity contribution in [1.82, 2.24) is 50.3 Å². The van der Waals surface area contributed by atoms with Crippen LogP contribution in [-0.2, 0) is 9.59 Å². The Hall–Kier alpha value is -6.40. The van der Waals surface area contributed by atoms with Crippen molar-refractivity contribution in [3.8, 4) is 31.2 Å². The van der Waals surface area contributed by atoms with Crippen LogP contribution in [0.2, 0.25) is 0 Å². The van der Waals surface area contributed by atoms with Crippen LogP contribution in [0.3, 0.4) is 0 Å². The lowest BCUT2D eigenvalue weighted by atomic mass is 10.1. The fourth-order valence-electron chi connectivity index (χ4n) is 7.32. The van der Waals surface area contributed by atoms with Crippen LogP contribution in [0.15, 0.2) is 85.5 Å². The summed E-state index contributed by atoms with van der Waals surface area (Å²) < 4.78 is 0. The van der Waals surface area contributed by atoms with E-state index in [0.717, 1.165) is 22.6 Å². The Labute approximate surface area is 327 Å². The topological polar surface area (TPSA) is 222 Å². The minimum atomic E-state index is -1.28. The van der Waals surface area contributed by atoms with E-state index < -0.39 is 24.3 Å². The van der Waals surface area contributed by atoms with Gasteiger partial charge in [0.2, 0.25) is 0 Å². The SMILES string of the molecule is O=C(O)NC(C(=O)N1CCCC1c1nc(-c2ncc(-c3cnc(-c4c[nH]c([C@@H]5CCCN5C(=O)[C@H](NC(=O)O)c5ccccc5)n4)s3)s2)c[nH]1)c1ccccc1. The normalized spacial score (nSPS) is 17.8. The van der Waals surface area contributed by atoms with Gasteiger partial charge in [-0.1, -0.05) is 60.7 Å². The number of carboxylic acid groups (broad SMARTS) is 2. The molecule has 4 aromatic heterocycles. The van der Waals surface area contributed by atoms with Gasteiger partial charge in [-0.2, -0.15) is 0 Å². The Bertz CT molecular complexity index is 2200. The van der Waals surface area contributed by atoms with Gasteiger partial charge in [0, 0.05) is 37.9 Å². The number of aromatic amines is 2. The van der Waals surface area contributed by atoms with Crippen molar-refractivity contribution in [1.29, 1.82) is 0 Å². The largest absolute Gasteiger partial charge is 0.465 e. The highest BCUT2D eigenvalue weighted by Crippen LogP contribution is 2.40. The highest BCUT2D eigenvalue weighted by atomic mass is 32.1. The van der Waals surface area contributed by atoms with Crippen LogP contribution < -0.4 is 10.6 Å². The maximum atomic E-state index is 13.7. The lowest BCUT2D eigenvalue weighted by Gasteiger charge is -2.28. The van der Waals surface area contributed by atoms with Gasteiger partial charge in [0.05, 0.1) is 21.8 Å². The average Bonchev–Trinajstić information content (AvgIpc) is 4.06. The van der Waals surface area contributed by atoms with Crippen molar-refractivity contribution in [3.05, 3.63) is 108 Å². The molecule has 4 atom stereocenters. The standard InChI is InChI=1S/C38H36N10O6S2/c49-35(29(45-37(51)52)21-9-3-1-4-10-21)47-15-7-13-25(47)31-39-17-23(43-31)33-41-19-27(55-33)28-20-42-34(56-28)24-18-40-32(44-24)26-14-8-16-48(26)36(50)30(46-38(53)54)22-11-5-2-6-12-22/h1-6,9-12,17-20,25-26,29-30,45-46H,7-8,13-16H2,(H,39,43)(H,40,44)(H,51,52)(H,53,54)/t25-,26?,29+,30?/m0/s1. The predicted octanol–water partition coefficient (Wildman–Crippen LogP) is 6.39. The summed E-state index contributed by atoms with van der Waals surface area (Å²) in [5, 5.41) is 25.1. The molecular weight excluding hydrogens is 757 g/mol. The average molecular weight is 793 g/mol. The van der Waals surface area contributed by atoms with E-state index in [1.54, 1.807) is 83.1 Å². The van der Waals surface area contributed by atoms with Crippen LogP contribution in [0.5, 0.6) is 0 Å². The van der Waals surface area contributed by atoms with Gasteiger partial charge in [-0.05, 0) is 36.8 Å². The summed E-state index contributed by atoms with van der Waals surface area (Å²) in [6, 6.07) is 14.9. The van der Waals surface area contributed by atoms with Gasteiger partial charge in [-0.25, -0.2) is 29.5 Å². The van der Waals surface area contributed by atoms with Gasteiger partial charge < -0.3 is 40.6 Å². The number of carbonyl (C=O) groups excluding carboxylic acids is 2. The van der Waals surface area contributed by atoms with Crippen LogP contribution in [-0.4, -0.2) is 87.0 Å². The lowest BCUT2D eigenvalue weighted by molar-refractivity contribution is -0.135. The Balaban J connectivity index is 0.954. The second-order valence-electron chi connectivity index (χ2n) is 13.4. The van der Waals surface area contributed by atoms with Crippen LogP contribution in [0.25, 0.3) is 31.2 Å². The molecule has 4 amide bonds. The maximum absolute atomic E-state index is 13.7. The van der Waals surface area contributed by atoms with Crippen molar-refractivity contribution >= 4 is 46.7 Å². The smallest absolute Gasteiger partial charge is 0.405 e. The maximum Gasteiger partial charge on any atom is 0.405 e. The molecule has 2 unspecified atom stereocenters. The third-order valence-electron chi connectivity index (χ3n) is 9.89. The van der Waals surface area contributed by atoms with E-state index in [9.17, 15) is 29.4 Å². The second-order valence-corrected chi connectivity index (χ2v) is 15.4. The number of carbonyl (C=O) groups is 4. The molecule has 0 saturated carbocycles. The van der Waals surface area contributed by atoms with Gasteiger partial charge in [0.1, 0.15) is 45.1 Å². The molecule has 6 N–H and O–H groups in total. The number of H-pyrrole nitrogens is 2. The van der Waals surface area contributed by atoms with Crippen LogP contribution in [0.1, 0.15) is 72.6 Å². The quantitative estimate of drug-likeness (QED) is 0.0848. The molecule has 6 aromatic rings. The summed E-state index contributed by atoms with van der Waals surface area (Å²) in [5.41, 5.74) is 2.39. The zero-order chi connectivity index (χ0) is 38.8. The monoisotopic (exact) mass is 792 g/mol. The lowest BCUT2D eigenvalue weighted by Crippen LogP contribution is -2.42. The van der Waals surface area contributed by atoms with E-state index in [1.165, 1.54) is 22.7 Å². The zero-order valence-corrected chi connectivity index (χ0v) is 31.3. The molecule has 2 aliphatic heterocycles. The molecule has 0 aliphatic carbocycles. The molecule has 56 heavy (non-hydrogen) atoms. The Morgan fingerprint density at radius 2 is 1.07 bits per heavy atom. The van der Waals surface area contributed by atoms with Gasteiger partial charge in [0.15, 0.2) is 0 Å². The van der Waals surface area contributed by atoms with Gasteiger partial charge in [-0.15, -0.1) is 22.7 Å². The predicted molar refractivity (Wildman–Crippen MR) is 206 cm³/mol. The summed E-state index contributed by atoms with van der Waals surface area (Å²) in [6.45, 7) is 0.958. The van der Waals surface area contributed by atoms with Crippen molar-refractivity contribution in [2.24, 2.45) is 0 Å². The number of aromatic nitrogens is 6. The van der Waals surface area contributed by atoms with Gasteiger partial charge in [-0.3, -0.25) is 9.59 Å². The Kier molecular flexibility index (Phi) is 10.3. The molecule has 2 saturated heterocycles. The number of nitrogens with one attached hydrogen (secondary N) is 4. The van der Waals surface area contributed by atoms with Gasteiger partial charge in [0.25, 0.3) is 11.8 Å². The van der Waals surface area contributed by atoms with E-state index in [0.29, 0.717) is 70.1 Å². The van der Waals surface area contributed by atoms with Crippen molar-refractivity contribution in [2.45, 2.75) is 49.9 Å². The Morgan fingerprint density at radius 3 is 1.46 bits per heavy atom. The highest BCUT2D eigenvalue weighted by Gasteiger charge is 2.38. The molecule has 0 bridgehead atoms. The van der Waals surface area contributed by atoms with Crippen LogP contribution >= 0.6 is 22.7 Å². The van der Waals surface area contributed by atoms with E-state index in [1.807, 2.05) is 12.1 Å². The summed E-state index contributed by atoms with van der Waals surface area (Å²) >= 11 is 2.91. The summed E-state index contributed by atoms with van der Waals surface area (Å²) in [7, 11) is 0. The first kappa shape index (κ1) is 36.6. The Morgan fingerprint density at radius 1 is 0.661 bits per heavy atom. The number of hydrogen-bond donors (Lipinski definition) is 6. The molecule has 0 radical (unpaired) electrons. The fourth-order valence-corrected chi connectivity index (χ4v) is 9.13. The first-order valence-electron chi connectivity index (χ1n) is 18.0. The molecule has 2 aliphatic rings.